The molecule has 22 heavy (non-hydrogen) atoms. The van der Waals surface area contributed by atoms with Gasteiger partial charge in [0, 0.05) is 18.6 Å². The van der Waals surface area contributed by atoms with Crippen LogP contribution in [0.3, 0.4) is 0 Å². The van der Waals surface area contributed by atoms with Gasteiger partial charge in [-0.3, -0.25) is 4.79 Å². The number of nitrogens with zero attached hydrogens (tertiary/aromatic N) is 2. The van der Waals surface area contributed by atoms with E-state index in [0.29, 0.717) is 11.1 Å². The van der Waals surface area contributed by atoms with Crippen molar-refractivity contribution in [2.24, 2.45) is 0 Å². The summed E-state index contributed by atoms with van der Waals surface area (Å²) in [5, 5.41) is 8.91. The van der Waals surface area contributed by atoms with E-state index in [0.717, 1.165) is 10.2 Å². The predicted octanol–water partition coefficient (Wildman–Crippen LogP) is 0.251. The van der Waals surface area contributed by atoms with Crippen LogP contribution >= 0.6 is 15.9 Å². The molecule has 0 aliphatic heterocycles. The average Bonchev–Trinajstić information content (AvgIpc) is 2.46. The molecule has 0 bridgehead atoms. The topological polar surface area (TPSA) is 44.7 Å². The van der Waals surface area contributed by atoms with E-state index < -0.39 is 5.82 Å². The Kier molecular flexibility index (Phi) is 6.39. The molecular weight excluding hydrogens is 415 g/mol. The van der Waals surface area contributed by atoms with E-state index in [-0.39, 0.29) is 34.9 Å². The highest BCUT2D eigenvalue weighted by atomic mass is 79.9. The fraction of sp³-hybridized carbons (Fsp3) is 0.188. The molecule has 1 aromatic heterocycles. The average molecular weight is 428 g/mol. The van der Waals surface area contributed by atoms with Gasteiger partial charge in [-0.25, -0.2) is 4.39 Å². The molecule has 2 aromatic rings. The predicted molar refractivity (Wildman–Crippen MR) is 79.3 cm³/mol. The minimum atomic E-state index is -0.569. The summed E-state index contributed by atoms with van der Waals surface area (Å²) in [7, 11) is 0. The molecule has 0 amide bonds. The van der Waals surface area contributed by atoms with Crippen molar-refractivity contribution in [1.82, 2.24) is 0 Å². The molecule has 0 atom stereocenters. The molecule has 0 aliphatic carbocycles. The normalized spacial score (nSPS) is 9.77. The number of benzene rings is 1. The molecule has 3 nitrogen and oxygen atoms in total. The summed E-state index contributed by atoms with van der Waals surface area (Å²) in [5.74, 6) is -0.735. The lowest BCUT2D eigenvalue weighted by molar-refractivity contribution is -0.689. The van der Waals surface area contributed by atoms with E-state index in [1.54, 1.807) is 23.8 Å². The minimum absolute atomic E-state index is 0. The molecule has 1 aromatic carbocycles. The monoisotopic (exact) mass is 426 g/mol. The number of ketones is 1. The van der Waals surface area contributed by atoms with Crippen LogP contribution in [0.15, 0.2) is 34.9 Å². The van der Waals surface area contributed by atoms with E-state index in [9.17, 15) is 9.18 Å². The first kappa shape index (κ1) is 18.5. The largest absolute Gasteiger partial charge is 1.00 e. The van der Waals surface area contributed by atoms with E-state index >= 15 is 0 Å². The van der Waals surface area contributed by atoms with Gasteiger partial charge in [-0.1, -0.05) is 0 Å². The van der Waals surface area contributed by atoms with E-state index in [4.69, 9.17) is 5.26 Å². The Bertz CT molecular complexity index is 769. The third kappa shape index (κ3) is 3.79. The van der Waals surface area contributed by atoms with Gasteiger partial charge in [0.1, 0.15) is 11.9 Å². The number of aromatic nitrogens is 1. The van der Waals surface area contributed by atoms with Crippen LogP contribution < -0.4 is 21.5 Å². The Balaban J connectivity index is 0.00000242. The highest BCUT2D eigenvalue weighted by molar-refractivity contribution is 9.10. The van der Waals surface area contributed by atoms with Crippen molar-refractivity contribution in [3.63, 3.8) is 0 Å². The smallest absolute Gasteiger partial charge is 0.227 e. The van der Waals surface area contributed by atoms with Gasteiger partial charge in [0.2, 0.25) is 12.3 Å². The second-order valence-corrected chi connectivity index (χ2v) is 5.61. The van der Waals surface area contributed by atoms with Gasteiger partial charge < -0.3 is 17.0 Å². The summed E-state index contributed by atoms with van der Waals surface area (Å²) in [5.41, 5.74) is 1.46. The summed E-state index contributed by atoms with van der Waals surface area (Å²) in [4.78, 5) is 12.3. The Morgan fingerprint density at radius 3 is 2.73 bits per heavy atom. The van der Waals surface area contributed by atoms with Crippen LogP contribution in [0, 0.1) is 31.0 Å². The Hall–Kier alpha value is -1.58. The van der Waals surface area contributed by atoms with Crippen molar-refractivity contribution in [1.29, 1.82) is 5.26 Å². The van der Waals surface area contributed by atoms with Gasteiger partial charge in [-0.2, -0.15) is 9.83 Å². The third-order valence-corrected chi connectivity index (χ3v) is 4.13. The highest BCUT2D eigenvalue weighted by Gasteiger charge is 2.18. The van der Waals surface area contributed by atoms with Gasteiger partial charge >= 0.3 is 0 Å². The number of hydrogen-bond donors (Lipinski definition) is 0. The quantitative estimate of drug-likeness (QED) is 0.520. The highest BCUT2D eigenvalue weighted by Crippen LogP contribution is 2.16. The Morgan fingerprint density at radius 2 is 2.09 bits per heavy atom. The number of pyridine rings is 1. The SMILES string of the molecule is Cc1cc(C(=O)C[n+]2cccc(Br)c2C)cc(C#N)c1F.[Br-]. The fourth-order valence-electron chi connectivity index (χ4n) is 2.03. The Morgan fingerprint density at radius 1 is 1.41 bits per heavy atom. The van der Waals surface area contributed by atoms with Crippen LogP contribution in [0.25, 0.3) is 0 Å². The molecule has 0 spiro atoms. The molecular formula is C16H13Br2FN2O. The maximum Gasteiger partial charge on any atom is 0.227 e. The van der Waals surface area contributed by atoms with Gasteiger partial charge in [-0.15, -0.1) is 0 Å². The number of hydrogen-bond acceptors (Lipinski definition) is 2. The molecule has 0 radical (unpaired) electrons. The molecule has 0 aliphatic rings. The number of aryl methyl sites for hydroxylation is 1. The molecule has 6 heteroatoms. The molecule has 2 rings (SSSR count). The summed E-state index contributed by atoms with van der Waals surface area (Å²) in [6, 6.07) is 8.29. The first-order valence-corrected chi connectivity index (χ1v) is 7.11. The van der Waals surface area contributed by atoms with Crippen LogP contribution in [-0.4, -0.2) is 5.78 Å². The number of Topliss-reactive ketones (excluding diaryl/α,β-unsaturated/α-hetero) is 1. The second kappa shape index (κ2) is 7.61. The second-order valence-electron chi connectivity index (χ2n) is 4.76. The van der Waals surface area contributed by atoms with Crippen LogP contribution in [0.4, 0.5) is 4.39 Å². The summed E-state index contributed by atoms with van der Waals surface area (Å²) in [6.07, 6.45) is 1.81. The van der Waals surface area contributed by atoms with Gasteiger partial charge in [0.05, 0.1) is 10.0 Å². The van der Waals surface area contributed by atoms with E-state index in [1.807, 2.05) is 19.1 Å². The number of rotatable bonds is 3. The van der Waals surface area contributed by atoms with Crippen molar-refractivity contribution < 1.29 is 30.7 Å². The van der Waals surface area contributed by atoms with Crippen LogP contribution in [0.1, 0.15) is 27.2 Å². The van der Waals surface area contributed by atoms with Crippen molar-refractivity contribution in [3.05, 3.63) is 63.1 Å². The molecule has 0 saturated carbocycles. The molecule has 114 valence electrons. The fourth-order valence-corrected chi connectivity index (χ4v) is 2.41. The van der Waals surface area contributed by atoms with Gasteiger partial charge in [0.25, 0.3) is 0 Å². The van der Waals surface area contributed by atoms with Crippen molar-refractivity contribution in [2.45, 2.75) is 20.4 Å². The van der Waals surface area contributed by atoms with Crippen LogP contribution in [-0.2, 0) is 6.54 Å². The third-order valence-electron chi connectivity index (χ3n) is 3.30. The molecule has 0 unspecified atom stereocenters. The summed E-state index contributed by atoms with van der Waals surface area (Å²) in [6.45, 7) is 3.58. The zero-order valence-corrected chi connectivity index (χ0v) is 15.2. The summed E-state index contributed by atoms with van der Waals surface area (Å²) < 4.78 is 16.4. The molecule has 0 N–H and O–H groups in total. The maximum atomic E-state index is 13.6. The zero-order valence-electron chi connectivity index (χ0n) is 12.0. The van der Waals surface area contributed by atoms with E-state index in [1.165, 1.54) is 12.1 Å². The lowest BCUT2D eigenvalue weighted by Crippen LogP contribution is -3.00. The summed E-state index contributed by atoms with van der Waals surface area (Å²) >= 11 is 3.41. The first-order chi connectivity index (χ1) is 9.93. The zero-order chi connectivity index (χ0) is 15.6. The maximum absolute atomic E-state index is 13.6. The van der Waals surface area contributed by atoms with Crippen molar-refractivity contribution >= 4 is 21.7 Å². The van der Waals surface area contributed by atoms with Crippen molar-refractivity contribution in [3.8, 4) is 6.07 Å². The van der Waals surface area contributed by atoms with E-state index in [2.05, 4.69) is 15.9 Å². The Labute approximate surface area is 147 Å². The molecule has 1 heterocycles. The van der Waals surface area contributed by atoms with Gasteiger partial charge in [0.15, 0.2) is 11.9 Å². The van der Waals surface area contributed by atoms with Gasteiger partial charge in [-0.05, 0) is 46.6 Å². The first-order valence-electron chi connectivity index (χ1n) is 6.32. The number of carbonyl (C=O) groups is 1. The lowest BCUT2D eigenvalue weighted by atomic mass is 10.0. The number of carbonyl (C=O) groups excluding carboxylic acids is 1. The van der Waals surface area contributed by atoms with Crippen LogP contribution in [0.5, 0.6) is 0 Å². The number of nitriles is 1. The van der Waals surface area contributed by atoms with Crippen LogP contribution in [0.2, 0.25) is 0 Å². The molecule has 0 saturated heterocycles. The lowest BCUT2D eigenvalue weighted by Gasteiger charge is -2.05. The standard InChI is InChI=1S/C16H13BrFN2O.BrH/c1-10-6-12(7-13(8-19)16(10)18)15(21)9-20-5-3-4-14(17)11(20)2;/h3-7H,9H2,1-2H3;1H/q+1;/p-1. The minimum Gasteiger partial charge on any atom is -1.00 e. The molecule has 0 fully saturated rings. The van der Waals surface area contributed by atoms with Crippen molar-refractivity contribution in [2.75, 3.05) is 0 Å². The number of halogens is 3.